The highest BCUT2D eigenvalue weighted by molar-refractivity contribution is 6.00. The molecule has 0 radical (unpaired) electrons. The van der Waals surface area contributed by atoms with E-state index in [1.165, 1.54) is 18.0 Å². The van der Waals surface area contributed by atoms with Crippen molar-refractivity contribution in [1.29, 1.82) is 5.26 Å². The van der Waals surface area contributed by atoms with Crippen molar-refractivity contribution in [3.63, 3.8) is 0 Å². The van der Waals surface area contributed by atoms with Gasteiger partial charge in [-0.2, -0.15) is 10.4 Å². The van der Waals surface area contributed by atoms with Crippen LogP contribution >= 0.6 is 0 Å². The molecule has 0 spiro atoms. The molecule has 1 aromatic rings. The predicted octanol–water partition coefficient (Wildman–Crippen LogP) is 0.912. The van der Waals surface area contributed by atoms with Gasteiger partial charge in [-0.05, 0) is 12.8 Å². The van der Waals surface area contributed by atoms with Crippen LogP contribution < -0.4 is 11.1 Å². The van der Waals surface area contributed by atoms with E-state index in [0.717, 1.165) is 0 Å². The van der Waals surface area contributed by atoms with E-state index >= 15 is 0 Å². The van der Waals surface area contributed by atoms with E-state index in [-0.39, 0.29) is 23.6 Å². The minimum atomic E-state index is -0.786. The zero-order chi connectivity index (χ0) is 17.0. The van der Waals surface area contributed by atoms with E-state index < -0.39 is 17.5 Å². The van der Waals surface area contributed by atoms with Gasteiger partial charge in [-0.3, -0.25) is 19.6 Å². The molecule has 23 heavy (non-hydrogen) atoms. The molecule has 2 rings (SSSR count). The average Bonchev–Trinajstić information content (AvgIpc) is 2.94. The summed E-state index contributed by atoms with van der Waals surface area (Å²) in [6.07, 6.45) is 2.32. The number of Topliss-reactive ketones (excluding diaryl/α,β-unsaturated/α-hetero) is 1. The Morgan fingerprint density at radius 2 is 2.17 bits per heavy atom. The standard InChI is InChI=1S/C14H17N5O4/c1-23-13(22)17-12-10(11(16)21)8-19(18-12)14(6-7-15)4-2-9(20)3-5-14/h8H,2-6H2,1H3,(H2,16,21)(H,17,18,22). The molecule has 2 amide bonds. The lowest BCUT2D eigenvalue weighted by Gasteiger charge is -2.35. The van der Waals surface area contributed by atoms with Crippen LogP contribution in [-0.4, -0.2) is 34.7 Å². The van der Waals surface area contributed by atoms with Crippen LogP contribution in [0.4, 0.5) is 10.6 Å². The van der Waals surface area contributed by atoms with Crippen molar-refractivity contribution in [3.8, 4) is 6.07 Å². The minimum absolute atomic E-state index is 0.0182. The molecule has 0 bridgehead atoms. The van der Waals surface area contributed by atoms with Crippen LogP contribution in [0, 0.1) is 11.3 Å². The summed E-state index contributed by atoms with van der Waals surface area (Å²) in [4.78, 5) is 34.4. The molecule has 0 atom stereocenters. The number of hydrogen-bond acceptors (Lipinski definition) is 6. The monoisotopic (exact) mass is 319 g/mol. The van der Waals surface area contributed by atoms with Gasteiger partial charge in [0.15, 0.2) is 5.82 Å². The van der Waals surface area contributed by atoms with Crippen molar-refractivity contribution >= 4 is 23.6 Å². The van der Waals surface area contributed by atoms with E-state index in [1.54, 1.807) is 0 Å². The highest BCUT2D eigenvalue weighted by atomic mass is 16.5. The van der Waals surface area contributed by atoms with Crippen molar-refractivity contribution in [3.05, 3.63) is 11.8 Å². The molecule has 1 aromatic heterocycles. The second-order valence-corrected chi connectivity index (χ2v) is 5.41. The number of amides is 2. The van der Waals surface area contributed by atoms with Crippen LogP contribution in [0.5, 0.6) is 0 Å². The Kier molecular flexibility index (Phi) is 4.64. The zero-order valence-corrected chi connectivity index (χ0v) is 12.7. The first kappa shape index (κ1) is 16.5. The number of nitriles is 1. The van der Waals surface area contributed by atoms with Gasteiger partial charge in [0.25, 0.3) is 5.91 Å². The SMILES string of the molecule is COC(=O)Nc1nn(C2(CC#N)CCC(=O)CC2)cc1C(N)=O. The van der Waals surface area contributed by atoms with Gasteiger partial charge in [0, 0.05) is 19.0 Å². The molecule has 122 valence electrons. The second-order valence-electron chi connectivity index (χ2n) is 5.41. The van der Waals surface area contributed by atoms with Gasteiger partial charge in [0.1, 0.15) is 11.3 Å². The number of aromatic nitrogens is 2. The largest absolute Gasteiger partial charge is 0.453 e. The van der Waals surface area contributed by atoms with Gasteiger partial charge in [-0.15, -0.1) is 0 Å². The fraction of sp³-hybridized carbons (Fsp3) is 0.500. The number of ether oxygens (including phenoxy) is 1. The summed E-state index contributed by atoms with van der Waals surface area (Å²) in [7, 11) is 1.18. The quantitative estimate of drug-likeness (QED) is 0.845. The number of nitrogens with one attached hydrogen (secondary N) is 1. The third-order valence-electron chi connectivity index (χ3n) is 4.02. The summed E-state index contributed by atoms with van der Waals surface area (Å²) < 4.78 is 5.95. The normalized spacial score (nSPS) is 16.4. The van der Waals surface area contributed by atoms with Gasteiger partial charge in [-0.25, -0.2) is 4.79 Å². The number of methoxy groups -OCH3 is 1. The van der Waals surface area contributed by atoms with Crippen LogP contribution in [0.25, 0.3) is 0 Å². The molecular formula is C14H17N5O4. The second kappa shape index (κ2) is 6.48. The predicted molar refractivity (Wildman–Crippen MR) is 78.5 cm³/mol. The number of carbonyl (C=O) groups is 3. The third-order valence-corrected chi connectivity index (χ3v) is 4.02. The number of carbonyl (C=O) groups excluding carboxylic acids is 3. The van der Waals surface area contributed by atoms with Crippen molar-refractivity contribution < 1.29 is 19.1 Å². The van der Waals surface area contributed by atoms with Gasteiger partial charge < -0.3 is 10.5 Å². The van der Waals surface area contributed by atoms with Gasteiger partial charge in [0.05, 0.1) is 25.1 Å². The van der Waals surface area contributed by atoms with Crippen LogP contribution in [0.2, 0.25) is 0 Å². The highest BCUT2D eigenvalue weighted by Gasteiger charge is 2.38. The maximum Gasteiger partial charge on any atom is 0.412 e. The Balaban J connectivity index is 2.42. The smallest absolute Gasteiger partial charge is 0.412 e. The summed E-state index contributed by atoms with van der Waals surface area (Å²) in [5.74, 6) is -0.658. The van der Waals surface area contributed by atoms with E-state index in [0.29, 0.717) is 25.7 Å². The molecule has 1 aliphatic carbocycles. The number of hydrogen-bond donors (Lipinski definition) is 2. The molecule has 1 aliphatic rings. The first-order chi connectivity index (χ1) is 10.9. The molecule has 0 unspecified atom stereocenters. The summed E-state index contributed by atoms with van der Waals surface area (Å²) >= 11 is 0. The Labute approximate surface area is 132 Å². The summed E-state index contributed by atoms with van der Waals surface area (Å²) in [6, 6.07) is 2.10. The number of rotatable bonds is 4. The number of primary amides is 1. The maximum absolute atomic E-state index is 11.6. The fourth-order valence-corrected chi connectivity index (χ4v) is 2.67. The molecule has 9 nitrogen and oxygen atoms in total. The fourth-order valence-electron chi connectivity index (χ4n) is 2.67. The Morgan fingerprint density at radius 1 is 1.52 bits per heavy atom. The molecule has 0 aromatic carbocycles. The van der Waals surface area contributed by atoms with E-state index in [1.807, 2.05) is 0 Å². The van der Waals surface area contributed by atoms with Gasteiger partial charge in [-0.1, -0.05) is 0 Å². The lowest BCUT2D eigenvalue weighted by Crippen LogP contribution is -2.38. The molecule has 0 saturated heterocycles. The Bertz CT molecular complexity index is 678. The van der Waals surface area contributed by atoms with Gasteiger partial charge in [0.2, 0.25) is 0 Å². The number of nitrogens with two attached hydrogens (primary N) is 1. The number of ketones is 1. The van der Waals surface area contributed by atoms with Crippen LogP contribution in [-0.2, 0) is 15.1 Å². The van der Waals surface area contributed by atoms with E-state index in [4.69, 9.17) is 11.0 Å². The first-order valence-electron chi connectivity index (χ1n) is 7.05. The van der Waals surface area contributed by atoms with E-state index in [9.17, 15) is 14.4 Å². The highest BCUT2D eigenvalue weighted by Crippen LogP contribution is 2.37. The first-order valence-corrected chi connectivity index (χ1v) is 7.05. The lowest BCUT2D eigenvalue weighted by molar-refractivity contribution is -0.122. The summed E-state index contributed by atoms with van der Waals surface area (Å²) in [6.45, 7) is 0. The molecule has 9 heteroatoms. The number of anilines is 1. The maximum atomic E-state index is 11.6. The summed E-state index contributed by atoms with van der Waals surface area (Å²) in [5.41, 5.74) is 4.64. The Morgan fingerprint density at radius 3 is 2.70 bits per heavy atom. The Hall–Kier alpha value is -2.89. The van der Waals surface area contributed by atoms with Crippen LogP contribution in [0.3, 0.4) is 0 Å². The topological polar surface area (TPSA) is 140 Å². The van der Waals surface area contributed by atoms with E-state index in [2.05, 4.69) is 21.2 Å². The molecule has 1 heterocycles. The van der Waals surface area contributed by atoms with Crippen molar-refractivity contribution in [2.75, 3.05) is 12.4 Å². The van der Waals surface area contributed by atoms with Crippen molar-refractivity contribution in [2.24, 2.45) is 5.73 Å². The molecule has 0 aliphatic heterocycles. The molecule has 1 fully saturated rings. The third kappa shape index (κ3) is 3.31. The van der Waals surface area contributed by atoms with Gasteiger partial charge >= 0.3 is 6.09 Å². The average molecular weight is 319 g/mol. The lowest BCUT2D eigenvalue weighted by atomic mass is 9.79. The molecule has 1 saturated carbocycles. The zero-order valence-electron chi connectivity index (χ0n) is 12.7. The number of nitrogens with zero attached hydrogens (tertiary/aromatic N) is 3. The summed E-state index contributed by atoms with van der Waals surface area (Å²) in [5, 5.41) is 15.6. The van der Waals surface area contributed by atoms with Crippen molar-refractivity contribution in [1.82, 2.24) is 9.78 Å². The minimum Gasteiger partial charge on any atom is -0.453 e. The van der Waals surface area contributed by atoms with Crippen LogP contribution in [0.1, 0.15) is 42.5 Å². The molecular weight excluding hydrogens is 302 g/mol. The van der Waals surface area contributed by atoms with Crippen molar-refractivity contribution in [2.45, 2.75) is 37.6 Å². The van der Waals surface area contributed by atoms with Crippen LogP contribution in [0.15, 0.2) is 6.20 Å². The molecule has 3 N–H and O–H groups in total.